The summed E-state index contributed by atoms with van der Waals surface area (Å²) in [6, 6.07) is 110. The molecule has 0 atom stereocenters. The lowest BCUT2D eigenvalue weighted by Crippen LogP contribution is -2.10. The van der Waals surface area contributed by atoms with Gasteiger partial charge in [-0.25, -0.2) is 0 Å². The van der Waals surface area contributed by atoms with Gasteiger partial charge in [-0.2, -0.15) is 0 Å². The number of fused-ring (bicyclic) bond motifs is 4. The van der Waals surface area contributed by atoms with Crippen molar-refractivity contribution in [2.24, 2.45) is 0 Å². The Bertz CT molecular complexity index is 4480. The fourth-order valence-corrected chi connectivity index (χ4v) is 12.5. The van der Waals surface area contributed by atoms with E-state index in [1.54, 1.807) is 0 Å². The number of hydrogen-bond donors (Lipinski definition) is 0. The number of benzene rings is 16. The molecule has 0 aromatic heterocycles. The van der Waals surface area contributed by atoms with Crippen molar-refractivity contribution in [1.29, 1.82) is 0 Å². The fourth-order valence-electron chi connectivity index (χ4n) is 12.5. The van der Waals surface area contributed by atoms with Crippen LogP contribution in [-0.2, 0) is 0 Å². The molecule has 0 saturated carbocycles. The van der Waals surface area contributed by atoms with Crippen LogP contribution in [-0.4, -0.2) is 0 Å². The molecule has 0 radical (unpaired) electrons. The Morgan fingerprint density at radius 3 is 0.744 bits per heavy atom. The summed E-state index contributed by atoms with van der Waals surface area (Å²) in [6.07, 6.45) is 0. The van der Waals surface area contributed by atoms with Crippen molar-refractivity contribution in [3.05, 3.63) is 303 Å². The molecule has 0 unspecified atom stereocenters. The van der Waals surface area contributed by atoms with Gasteiger partial charge in [0, 0.05) is 34.1 Å². The van der Waals surface area contributed by atoms with Crippen molar-refractivity contribution >= 4 is 120 Å². The normalized spacial score (nSPS) is 11.6. The molecule has 0 amide bonds. The van der Waals surface area contributed by atoms with Crippen LogP contribution in [0.5, 0.6) is 0 Å². The minimum absolute atomic E-state index is 1.11. The summed E-state index contributed by atoms with van der Waals surface area (Å²) in [4.78, 5) is 4.79. The first-order chi connectivity index (χ1) is 38.7. The van der Waals surface area contributed by atoms with Crippen molar-refractivity contribution in [3.63, 3.8) is 0 Å². The Morgan fingerprint density at radius 2 is 0.410 bits per heavy atom. The summed E-state index contributed by atoms with van der Waals surface area (Å²) in [7, 11) is 0. The molecule has 78 heavy (non-hydrogen) atoms. The Morgan fingerprint density at radius 1 is 0.154 bits per heavy atom. The van der Waals surface area contributed by atoms with E-state index in [2.05, 4.69) is 301 Å². The van der Waals surface area contributed by atoms with E-state index in [-0.39, 0.29) is 0 Å². The first-order valence-corrected chi connectivity index (χ1v) is 26.9. The smallest absolute Gasteiger partial charge is 0.0474 e. The van der Waals surface area contributed by atoms with Crippen molar-refractivity contribution in [3.8, 4) is 22.3 Å². The second-order valence-corrected chi connectivity index (χ2v) is 20.4. The zero-order valence-corrected chi connectivity index (χ0v) is 42.8. The zero-order valence-electron chi connectivity index (χ0n) is 42.8. The number of anilines is 6. The molecular weight excluding hydrogens is 941 g/mol. The van der Waals surface area contributed by atoms with Gasteiger partial charge in [-0.05, 0) is 181 Å². The maximum atomic E-state index is 2.40. The van der Waals surface area contributed by atoms with E-state index < -0.39 is 0 Å². The van der Waals surface area contributed by atoms with Gasteiger partial charge < -0.3 is 9.80 Å². The lowest BCUT2D eigenvalue weighted by Gasteiger charge is -2.27. The summed E-state index contributed by atoms with van der Waals surface area (Å²) in [5, 5.41) is 20.7. The van der Waals surface area contributed by atoms with Crippen molar-refractivity contribution in [2.45, 2.75) is 0 Å². The molecule has 0 aliphatic carbocycles. The molecule has 0 spiro atoms. The average Bonchev–Trinajstić information content (AvgIpc) is 3.68. The fraction of sp³-hybridized carbons (Fsp3) is 0. The largest absolute Gasteiger partial charge is 0.310 e. The predicted octanol–water partition coefficient (Wildman–Crippen LogP) is 21.7. The molecule has 0 bridgehead atoms. The monoisotopic (exact) mass is 990 g/mol. The highest BCUT2D eigenvalue weighted by Crippen LogP contribution is 2.47. The van der Waals surface area contributed by atoms with Crippen LogP contribution in [0.1, 0.15) is 0 Å². The van der Waals surface area contributed by atoms with Crippen LogP contribution >= 0.6 is 0 Å². The molecule has 16 rings (SSSR count). The van der Waals surface area contributed by atoms with Crippen LogP contribution in [0.2, 0.25) is 0 Å². The van der Waals surface area contributed by atoms with Gasteiger partial charge in [-0.15, -0.1) is 0 Å². The highest BCUT2D eigenvalue weighted by atomic mass is 15.1. The lowest BCUT2D eigenvalue weighted by molar-refractivity contribution is 1.29. The van der Waals surface area contributed by atoms with Crippen molar-refractivity contribution < 1.29 is 0 Å². The first kappa shape index (κ1) is 45.1. The molecule has 0 heterocycles. The van der Waals surface area contributed by atoms with Gasteiger partial charge in [0.25, 0.3) is 0 Å². The molecule has 0 fully saturated rings. The second-order valence-electron chi connectivity index (χ2n) is 20.4. The third-order valence-electron chi connectivity index (χ3n) is 15.9. The number of rotatable bonds is 8. The van der Waals surface area contributed by atoms with E-state index >= 15 is 0 Å². The third-order valence-corrected chi connectivity index (χ3v) is 15.9. The van der Waals surface area contributed by atoms with Crippen LogP contribution in [0.4, 0.5) is 34.1 Å². The van der Waals surface area contributed by atoms with Gasteiger partial charge in [0.05, 0.1) is 0 Å². The van der Waals surface area contributed by atoms with Crippen molar-refractivity contribution in [1.82, 2.24) is 0 Å². The Kier molecular flexibility index (Phi) is 10.9. The molecule has 0 aliphatic rings. The van der Waals surface area contributed by atoms with E-state index in [9.17, 15) is 0 Å². The molecule has 364 valence electrons. The van der Waals surface area contributed by atoms with Gasteiger partial charge in [0.2, 0.25) is 0 Å². The molecule has 16 aromatic carbocycles. The minimum Gasteiger partial charge on any atom is -0.310 e. The van der Waals surface area contributed by atoms with E-state index in [4.69, 9.17) is 0 Å². The zero-order chi connectivity index (χ0) is 51.5. The Balaban J connectivity index is 0.000000390. The molecule has 2 nitrogen and oxygen atoms in total. The second kappa shape index (κ2) is 18.8. The van der Waals surface area contributed by atoms with E-state index in [0.29, 0.717) is 0 Å². The van der Waals surface area contributed by atoms with Gasteiger partial charge >= 0.3 is 0 Å². The van der Waals surface area contributed by atoms with E-state index in [0.717, 1.165) is 34.1 Å². The summed E-state index contributed by atoms with van der Waals surface area (Å²) >= 11 is 0. The van der Waals surface area contributed by atoms with Crippen molar-refractivity contribution in [2.75, 3.05) is 9.80 Å². The number of hydrogen-bond acceptors (Lipinski definition) is 2. The Labute approximate surface area is 453 Å². The highest BCUT2D eigenvalue weighted by molar-refractivity contribution is 6.35. The third kappa shape index (κ3) is 7.65. The highest BCUT2D eigenvalue weighted by Gasteiger charge is 2.21. The summed E-state index contributed by atoms with van der Waals surface area (Å²) < 4.78 is 0. The van der Waals surface area contributed by atoms with Crippen LogP contribution in [0.25, 0.3) is 108 Å². The van der Waals surface area contributed by atoms with Gasteiger partial charge in [0.15, 0.2) is 0 Å². The van der Waals surface area contributed by atoms with Crippen LogP contribution in [0.15, 0.2) is 303 Å². The SMILES string of the molecule is c1ccc(-c2ccccc2)cc1.c1ccc(N(c2ccc(-c3ccc(N(c4ccccc4)c4cc5cccc6c7cccc8cccc(c(c4)c56)c87)cc3)cc2)c2cc3cccc4c5cccc6cccc(c(c2)c34)c65)cc1. The quantitative estimate of drug-likeness (QED) is 0.111. The predicted molar refractivity (Wildman–Crippen MR) is 336 cm³/mol. The average molecular weight is 991 g/mol. The summed E-state index contributed by atoms with van der Waals surface area (Å²) in [5.41, 5.74) is 11.6. The number of nitrogens with zero attached hydrogens (tertiary/aromatic N) is 2. The van der Waals surface area contributed by atoms with Gasteiger partial charge in [0.1, 0.15) is 0 Å². The molecular formula is C76H50N2. The van der Waals surface area contributed by atoms with Crippen LogP contribution in [0, 0.1) is 0 Å². The van der Waals surface area contributed by atoms with Gasteiger partial charge in [-0.3, -0.25) is 0 Å². The first-order valence-electron chi connectivity index (χ1n) is 26.9. The van der Waals surface area contributed by atoms with E-state index in [1.165, 1.54) is 108 Å². The molecule has 2 heteroatoms. The maximum Gasteiger partial charge on any atom is 0.0474 e. The topological polar surface area (TPSA) is 6.48 Å². The van der Waals surface area contributed by atoms with Crippen LogP contribution < -0.4 is 9.80 Å². The minimum atomic E-state index is 1.11. The molecule has 0 aliphatic heterocycles. The Hall–Kier alpha value is -10.3. The maximum absolute atomic E-state index is 2.40. The standard InChI is InChI=1S/C64H40N2.C12H10/c1-3-19-47(20-4-1)65(51-37-45-17-11-25-55-53-23-7-13-43-15-9-27-57(61(43)53)59(39-51)63(45)55)49-33-29-41(30-34-49)42-31-35-50(36-32-42)66(48-21-5-2-6-22-48)52-38-46-18-12-26-56-54-24-8-14-44-16-10-28-58(62(44)54)60(40-52)64(46)56;1-3-7-11(8-4-1)12-9-5-2-6-10-12/h1-40H;1-10H. The number of para-hydroxylation sites is 2. The summed E-state index contributed by atoms with van der Waals surface area (Å²) in [6.45, 7) is 0. The summed E-state index contributed by atoms with van der Waals surface area (Å²) in [5.74, 6) is 0. The molecule has 16 aromatic rings. The molecule has 0 N–H and O–H groups in total. The van der Waals surface area contributed by atoms with Gasteiger partial charge in [-0.1, -0.05) is 231 Å². The lowest BCUT2D eigenvalue weighted by atomic mass is 9.89. The van der Waals surface area contributed by atoms with Crippen LogP contribution in [0.3, 0.4) is 0 Å². The van der Waals surface area contributed by atoms with E-state index in [1.807, 2.05) is 12.1 Å². The molecule has 0 saturated heterocycles.